The van der Waals surface area contributed by atoms with Crippen molar-refractivity contribution in [2.24, 2.45) is 0 Å². The third-order valence-electron chi connectivity index (χ3n) is 8.79. The lowest BCUT2D eigenvalue weighted by Gasteiger charge is -2.29. The molecule has 3 N–H and O–H groups in total. The van der Waals surface area contributed by atoms with E-state index in [0.717, 1.165) is 27.9 Å². The first-order valence-corrected chi connectivity index (χ1v) is 19.9. The monoisotopic (exact) mass is 788 g/mol. The highest BCUT2D eigenvalue weighted by Gasteiger charge is 2.37. The molecule has 12 nitrogen and oxygen atoms in total. The van der Waals surface area contributed by atoms with E-state index in [1.54, 1.807) is 37.6 Å². The lowest BCUT2D eigenvalue weighted by Crippen LogP contribution is -2.59. The summed E-state index contributed by atoms with van der Waals surface area (Å²) in [6.07, 6.45) is 3.83. The number of aromatic nitrogens is 2. The number of benzene rings is 5. The Bertz CT molecular complexity index is 2150. The minimum absolute atomic E-state index is 0.0319. The van der Waals surface area contributed by atoms with Gasteiger partial charge in [-0.2, -0.15) is 0 Å². The van der Waals surface area contributed by atoms with Gasteiger partial charge >= 0.3 is 13.8 Å². The number of carbonyl (C=O) groups is 2. The first kappa shape index (κ1) is 40.6. The molecular weight excluding hydrogens is 743 g/mol. The normalized spacial score (nSPS) is 12.3. The summed E-state index contributed by atoms with van der Waals surface area (Å²) >= 11 is 0. The van der Waals surface area contributed by atoms with Crippen molar-refractivity contribution in [3.8, 4) is 11.5 Å². The summed E-state index contributed by atoms with van der Waals surface area (Å²) in [5, 5.41) is 0. The van der Waals surface area contributed by atoms with Crippen LogP contribution < -0.4 is 20.1 Å². The van der Waals surface area contributed by atoms with Crippen LogP contribution in [0, 0.1) is 0 Å². The van der Waals surface area contributed by atoms with Gasteiger partial charge in [-0.25, -0.2) is 19.8 Å². The minimum Gasteiger partial charge on any atom is -0.485 e. The topological polar surface area (TPSA) is 150 Å². The summed E-state index contributed by atoms with van der Waals surface area (Å²) in [6.45, 7) is 1.77. The van der Waals surface area contributed by atoms with E-state index in [1.807, 2.05) is 121 Å². The smallest absolute Gasteiger partial charge is 0.485 e. The van der Waals surface area contributed by atoms with Crippen LogP contribution in [0.2, 0.25) is 0 Å². The van der Waals surface area contributed by atoms with Gasteiger partial charge in [0.1, 0.15) is 18.8 Å². The van der Waals surface area contributed by atoms with Gasteiger partial charge < -0.3 is 19.0 Å². The molecule has 1 heterocycles. The predicted molar refractivity (Wildman–Crippen MR) is 214 cm³/mol. The zero-order valence-electron chi connectivity index (χ0n) is 31.5. The maximum absolute atomic E-state index is 14.4. The van der Waals surface area contributed by atoms with Crippen molar-refractivity contribution in [3.05, 3.63) is 186 Å². The number of rotatable bonds is 21. The number of aryl methyl sites for hydroxylation is 1. The molecule has 0 saturated carbocycles. The van der Waals surface area contributed by atoms with Crippen molar-refractivity contribution >= 4 is 19.7 Å². The van der Waals surface area contributed by atoms with Gasteiger partial charge in [-0.1, -0.05) is 127 Å². The largest absolute Gasteiger partial charge is 0.530 e. The second kappa shape index (κ2) is 20.2. The van der Waals surface area contributed by atoms with Gasteiger partial charge in [0.15, 0.2) is 11.5 Å². The van der Waals surface area contributed by atoms with E-state index in [4.69, 9.17) is 23.0 Å². The fraction of sp³-hybridized carbons (Fsp3) is 0.205. The third kappa shape index (κ3) is 12.7. The SMILES string of the molecule is C[C@@](Cc1ccc(OP(=O)(OCc2ccccc2)OCc2ccccc2)c(OCc2ccccc2)c1)(NNC(=O)CCc1cnc[nH]1)C(=O)OCc1ccccc1. The number of phosphoric acid groups is 1. The average molecular weight is 789 g/mol. The molecule has 5 aromatic carbocycles. The van der Waals surface area contributed by atoms with Gasteiger partial charge in [0.2, 0.25) is 5.91 Å². The van der Waals surface area contributed by atoms with Crippen LogP contribution in [0.3, 0.4) is 0 Å². The van der Waals surface area contributed by atoms with Crippen LogP contribution in [0.15, 0.2) is 152 Å². The number of nitrogens with zero attached hydrogens (tertiary/aromatic N) is 1. The van der Waals surface area contributed by atoms with Crippen molar-refractivity contribution < 1.29 is 37.2 Å². The van der Waals surface area contributed by atoms with E-state index in [9.17, 15) is 14.2 Å². The maximum atomic E-state index is 14.4. The number of nitrogens with one attached hydrogen (secondary N) is 3. The number of esters is 1. The molecule has 0 aliphatic rings. The summed E-state index contributed by atoms with van der Waals surface area (Å²) in [4.78, 5) is 33.8. The van der Waals surface area contributed by atoms with E-state index in [0.29, 0.717) is 12.0 Å². The van der Waals surface area contributed by atoms with Crippen molar-refractivity contribution in [1.82, 2.24) is 20.8 Å². The molecule has 13 heteroatoms. The number of imidazole rings is 1. The standard InChI is InChI=1S/C44H45N4O8P/c1-44(43(50)53-30-35-16-8-3-9-17-35,48-47-42(49)25-23-39-28-45-33-46-39)27-38-22-24-40(41(26-38)52-29-34-14-6-2-7-15-34)56-57(51,54-31-36-18-10-4-11-19-36)55-32-37-20-12-5-13-21-37/h2-22,24,26,28,33,48H,23,25,27,29-32H2,1H3,(H,45,46)(H,47,49)/t44-/m0/s1. The summed E-state index contributed by atoms with van der Waals surface area (Å²) < 4.78 is 44.4. The number of phosphoric ester groups is 1. The quantitative estimate of drug-likeness (QED) is 0.0370. The number of carbonyl (C=O) groups excluding carboxylic acids is 2. The van der Waals surface area contributed by atoms with Gasteiger partial charge in [0.05, 0.1) is 19.5 Å². The van der Waals surface area contributed by atoms with Crippen LogP contribution in [0.5, 0.6) is 11.5 Å². The van der Waals surface area contributed by atoms with E-state index in [1.165, 1.54) is 0 Å². The Balaban J connectivity index is 1.26. The van der Waals surface area contributed by atoms with Crippen LogP contribution in [0.25, 0.3) is 0 Å². The van der Waals surface area contributed by atoms with Crippen molar-refractivity contribution in [3.63, 3.8) is 0 Å². The Morgan fingerprint density at radius 3 is 1.77 bits per heavy atom. The summed E-state index contributed by atoms with van der Waals surface area (Å²) in [5.74, 6) is -0.594. The molecule has 1 aromatic heterocycles. The number of hydrazine groups is 1. The molecule has 1 atom stereocenters. The molecule has 6 rings (SSSR count). The van der Waals surface area contributed by atoms with Crippen molar-refractivity contribution in [1.29, 1.82) is 0 Å². The van der Waals surface area contributed by atoms with E-state index >= 15 is 0 Å². The van der Waals surface area contributed by atoms with Gasteiger partial charge in [-0.3, -0.25) is 19.3 Å². The first-order valence-electron chi connectivity index (χ1n) is 18.5. The second-order valence-corrected chi connectivity index (χ2v) is 15.0. The minimum atomic E-state index is -4.27. The fourth-order valence-corrected chi connectivity index (χ4v) is 6.84. The lowest BCUT2D eigenvalue weighted by atomic mass is 9.93. The fourth-order valence-electron chi connectivity index (χ4n) is 5.65. The number of hydrogen-bond donors (Lipinski definition) is 3. The highest BCUT2D eigenvalue weighted by molar-refractivity contribution is 7.48. The summed E-state index contributed by atoms with van der Waals surface area (Å²) in [6, 6.07) is 42.4. The van der Waals surface area contributed by atoms with Crippen LogP contribution >= 0.6 is 7.82 Å². The molecule has 0 aliphatic heterocycles. The zero-order chi connectivity index (χ0) is 39.8. The van der Waals surface area contributed by atoms with Gasteiger partial charge in [-0.15, -0.1) is 0 Å². The van der Waals surface area contributed by atoms with Crippen LogP contribution in [0.1, 0.15) is 46.9 Å². The summed E-state index contributed by atoms with van der Waals surface area (Å²) in [5.41, 5.74) is 8.87. The molecule has 0 bridgehead atoms. The number of aromatic amines is 1. The van der Waals surface area contributed by atoms with Crippen molar-refractivity contribution in [2.45, 2.75) is 58.2 Å². The van der Waals surface area contributed by atoms with Gasteiger partial charge in [0.25, 0.3) is 0 Å². The molecule has 1 amide bonds. The van der Waals surface area contributed by atoms with E-state index < -0.39 is 19.3 Å². The van der Waals surface area contributed by atoms with Gasteiger partial charge in [0, 0.05) is 24.7 Å². The highest BCUT2D eigenvalue weighted by Crippen LogP contribution is 2.53. The van der Waals surface area contributed by atoms with Crippen LogP contribution in [-0.4, -0.2) is 27.4 Å². The number of amides is 1. The molecule has 0 unspecified atom stereocenters. The van der Waals surface area contributed by atoms with Crippen molar-refractivity contribution in [2.75, 3.05) is 0 Å². The Morgan fingerprint density at radius 2 is 1.23 bits per heavy atom. The Hall–Kier alpha value is -6.04. The molecule has 294 valence electrons. The number of ether oxygens (including phenoxy) is 2. The lowest BCUT2D eigenvalue weighted by molar-refractivity contribution is -0.153. The maximum Gasteiger partial charge on any atom is 0.530 e. The molecular formula is C44H45N4O8P. The van der Waals surface area contributed by atoms with Gasteiger partial charge in [-0.05, 0) is 53.3 Å². The first-order chi connectivity index (χ1) is 27.8. The average Bonchev–Trinajstić information content (AvgIpc) is 3.78. The molecule has 0 spiro atoms. The Labute approximate surface area is 332 Å². The van der Waals surface area contributed by atoms with E-state index in [-0.39, 0.29) is 56.7 Å². The van der Waals surface area contributed by atoms with Crippen LogP contribution in [-0.2, 0) is 67.2 Å². The second-order valence-electron chi connectivity index (χ2n) is 13.4. The molecule has 6 aromatic rings. The highest BCUT2D eigenvalue weighted by atomic mass is 31.2. The van der Waals surface area contributed by atoms with E-state index in [2.05, 4.69) is 20.8 Å². The zero-order valence-corrected chi connectivity index (χ0v) is 32.4. The molecule has 57 heavy (non-hydrogen) atoms. The number of H-pyrrole nitrogens is 1. The predicted octanol–water partition coefficient (Wildman–Crippen LogP) is 8.21. The molecule has 0 saturated heterocycles. The Morgan fingerprint density at radius 1 is 0.684 bits per heavy atom. The molecule has 0 fully saturated rings. The third-order valence-corrected chi connectivity index (χ3v) is 10.1. The Kier molecular flexibility index (Phi) is 14.4. The number of hydrogen-bond acceptors (Lipinski definition) is 10. The molecule has 0 radical (unpaired) electrons. The molecule has 0 aliphatic carbocycles. The van der Waals surface area contributed by atoms with Crippen LogP contribution in [0.4, 0.5) is 0 Å². The summed E-state index contributed by atoms with van der Waals surface area (Å²) in [7, 11) is -4.27.